The van der Waals surface area contributed by atoms with Crippen molar-refractivity contribution in [3.63, 3.8) is 0 Å². The average molecular weight is 236 g/mol. The average Bonchev–Trinajstić information content (AvgIpc) is 2.78. The van der Waals surface area contributed by atoms with E-state index in [2.05, 4.69) is 27.8 Å². The summed E-state index contributed by atoms with van der Waals surface area (Å²) in [7, 11) is 0. The molecule has 5 nitrogen and oxygen atoms in total. The summed E-state index contributed by atoms with van der Waals surface area (Å²) >= 11 is 0. The molecule has 5 heteroatoms. The van der Waals surface area contributed by atoms with Crippen molar-refractivity contribution in [1.82, 2.24) is 15.5 Å². The van der Waals surface area contributed by atoms with Crippen molar-refractivity contribution in [3.05, 3.63) is 11.8 Å². The lowest BCUT2D eigenvalue weighted by molar-refractivity contribution is -0.118. The van der Waals surface area contributed by atoms with Crippen molar-refractivity contribution in [1.29, 1.82) is 0 Å². The third-order valence-electron chi connectivity index (χ3n) is 3.03. The van der Waals surface area contributed by atoms with Gasteiger partial charge in [0, 0.05) is 11.8 Å². The molecule has 0 saturated carbocycles. The van der Waals surface area contributed by atoms with Gasteiger partial charge in [-0.15, -0.1) is 0 Å². The Morgan fingerprint density at radius 2 is 2.47 bits per heavy atom. The molecule has 0 aliphatic carbocycles. The molecule has 1 fully saturated rings. The van der Waals surface area contributed by atoms with E-state index in [4.69, 9.17) is 0 Å². The second-order valence-electron chi connectivity index (χ2n) is 4.52. The number of H-pyrrole nitrogens is 1. The highest BCUT2D eigenvalue weighted by Gasteiger charge is 2.20. The van der Waals surface area contributed by atoms with Crippen LogP contribution in [0, 0.1) is 0 Å². The fraction of sp³-hybridized carbons (Fsp3) is 0.667. The number of carbonyl (C=O) groups is 1. The molecule has 0 radical (unpaired) electrons. The Kier molecular flexibility index (Phi) is 4.14. The maximum atomic E-state index is 11.9. The van der Waals surface area contributed by atoms with Crippen LogP contribution in [0.25, 0.3) is 0 Å². The number of hydrogen-bond donors (Lipinski definition) is 3. The van der Waals surface area contributed by atoms with Crippen molar-refractivity contribution in [2.24, 2.45) is 0 Å². The van der Waals surface area contributed by atoms with Crippen LogP contribution in [0.1, 0.15) is 38.3 Å². The quantitative estimate of drug-likeness (QED) is 0.741. The van der Waals surface area contributed by atoms with Gasteiger partial charge in [0.1, 0.15) is 0 Å². The van der Waals surface area contributed by atoms with Gasteiger partial charge in [0.2, 0.25) is 5.91 Å². The van der Waals surface area contributed by atoms with Crippen molar-refractivity contribution < 1.29 is 4.79 Å². The number of nitrogens with one attached hydrogen (secondary N) is 3. The van der Waals surface area contributed by atoms with E-state index in [1.165, 1.54) is 0 Å². The van der Waals surface area contributed by atoms with E-state index in [9.17, 15) is 4.79 Å². The molecule has 0 aromatic carbocycles. The Balaban J connectivity index is 1.88. The summed E-state index contributed by atoms with van der Waals surface area (Å²) in [4.78, 5) is 11.9. The van der Waals surface area contributed by atoms with Gasteiger partial charge in [0.15, 0.2) is 5.82 Å². The molecular formula is C12H20N4O. The molecule has 17 heavy (non-hydrogen) atoms. The van der Waals surface area contributed by atoms with E-state index < -0.39 is 0 Å². The van der Waals surface area contributed by atoms with Crippen molar-refractivity contribution in [3.8, 4) is 0 Å². The van der Waals surface area contributed by atoms with E-state index >= 15 is 0 Å². The van der Waals surface area contributed by atoms with Crippen LogP contribution in [-0.4, -0.2) is 28.7 Å². The maximum absolute atomic E-state index is 11.9. The topological polar surface area (TPSA) is 69.8 Å². The van der Waals surface area contributed by atoms with Crippen LogP contribution in [0.15, 0.2) is 6.07 Å². The largest absolute Gasteiger partial charge is 0.308 e. The minimum atomic E-state index is -0.0601. The standard InChI is InChI=1S/C12H20N4O/c1-2-5-9-8-11(16-15-9)14-12(17)10-6-3-4-7-13-10/h8,10,13H,2-7H2,1H3,(H2,14,15,16,17)/t10-/m1/s1. The second-order valence-corrected chi connectivity index (χ2v) is 4.52. The Morgan fingerprint density at radius 3 is 3.18 bits per heavy atom. The zero-order valence-electron chi connectivity index (χ0n) is 10.3. The summed E-state index contributed by atoms with van der Waals surface area (Å²) < 4.78 is 0. The Labute approximate surface area is 101 Å². The smallest absolute Gasteiger partial charge is 0.242 e. The van der Waals surface area contributed by atoms with Crippen LogP contribution in [0.2, 0.25) is 0 Å². The van der Waals surface area contributed by atoms with E-state index in [0.717, 1.165) is 44.3 Å². The summed E-state index contributed by atoms with van der Waals surface area (Å²) in [5.41, 5.74) is 1.07. The summed E-state index contributed by atoms with van der Waals surface area (Å²) in [5.74, 6) is 0.657. The first kappa shape index (κ1) is 12.1. The van der Waals surface area contributed by atoms with Gasteiger partial charge in [-0.3, -0.25) is 9.89 Å². The van der Waals surface area contributed by atoms with Crippen molar-refractivity contribution in [2.75, 3.05) is 11.9 Å². The Bertz CT molecular complexity index is 368. The molecule has 1 atom stereocenters. The molecule has 1 aromatic heterocycles. The molecule has 1 saturated heterocycles. The number of rotatable bonds is 4. The zero-order chi connectivity index (χ0) is 12.1. The van der Waals surface area contributed by atoms with Gasteiger partial charge in [-0.2, -0.15) is 5.10 Å². The Morgan fingerprint density at radius 1 is 1.59 bits per heavy atom. The predicted octanol–water partition coefficient (Wildman–Crippen LogP) is 1.44. The predicted molar refractivity (Wildman–Crippen MR) is 66.9 cm³/mol. The maximum Gasteiger partial charge on any atom is 0.242 e. The first-order valence-corrected chi connectivity index (χ1v) is 6.38. The van der Waals surface area contributed by atoms with E-state index in [0.29, 0.717) is 5.82 Å². The van der Waals surface area contributed by atoms with Crippen molar-refractivity contribution in [2.45, 2.75) is 45.1 Å². The van der Waals surface area contributed by atoms with Gasteiger partial charge in [0.25, 0.3) is 0 Å². The van der Waals surface area contributed by atoms with Gasteiger partial charge in [0.05, 0.1) is 6.04 Å². The number of hydrogen-bond acceptors (Lipinski definition) is 3. The van der Waals surface area contributed by atoms with Gasteiger partial charge in [-0.25, -0.2) is 0 Å². The minimum Gasteiger partial charge on any atom is -0.308 e. The lowest BCUT2D eigenvalue weighted by Crippen LogP contribution is -2.43. The molecule has 2 heterocycles. The highest BCUT2D eigenvalue weighted by atomic mass is 16.2. The SMILES string of the molecule is CCCc1cc(NC(=O)[C@H]2CCCCN2)n[nH]1. The molecule has 2 rings (SSSR count). The number of amides is 1. The van der Waals surface area contributed by atoms with Crippen LogP contribution < -0.4 is 10.6 Å². The zero-order valence-corrected chi connectivity index (χ0v) is 10.3. The first-order valence-electron chi connectivity index (χ1n) is 6.38. The molecule has 1 amide bonds. The number of piperidine rings is 1. The lowest BCUT2D eigenvalue weighted by Gasteiger charge is -2.21. The number of nitrogens with zero attached hydrogens (tertiary/aromatic N) is 1. The van der Waals surface area contributed by atoms with Gasteiger partial charge >= 0.3 is 0 Å². The van der Waals surface area contributed by atoms with E-state index in [1.807, 2.05) is 6.07 Å². The normalized spacial score (nSPS) is 20.2. The monoisotopic (exact) mass is 236 g/mol. The highest BCUT2D eigenvalue weighted by Crippen LogP contribution is 2.11. The molecule has 1 aromatic rings. The molecule has 0 spiro atoms. The number of aromatic amines is 1. The lowest BCUT2D eigenvalue weighted by atomic mass is 10.0. The molecule has 1 aliphatic rings. The third kappa shape index (κ3) is 3.30. The van der Waals surface area contributed by atoms with Crippen LogP contribution >= 0.6 is 0 Å². The minimum absolute atomic E-state index is 0.0271. The van der Waals surface area contributed by atoms with Crippen LogP contribution in [0.3, 0.4) is 0 Å². The van der Waals surface area contributed by atoms with Gasteiger partial charge in [-0.05, 0) is 25.8 Å². The fourth-order valence-corrected chi connectivity index (χ4v) is 2.11. The van der Waals surface area contributed by atoms with Gasteiger partial charge in [-0.1, -0.05) is 19.8 Å². The highest BCUT2D eigenvalue weighted by molar-refractivity contribution is 5.94. The number of aryl methyl sites for hydroxylation is 1. The second kappa shape index (κ2) is 5.82. The summed E-state index contributed by atoms with van der Waals surface area (Å²) in [6.45, 7) is 3.05. The van der Waals surface area contributed by atoms with Gasteiger partial charge < -0.3 is 10.6 Å². The molecule has 0 bridgehead atoms. The fourth-order valence-electron chi connectivity index (χ4n) is 2.11. The Hall–Kier alpha value is -1.36. The molecule has 0 unspecified atom stereocenters. The first-order chi connectivity index (χ1) is 8.29. The van der Waals surface area contributed by atoms with E-state index in [-0.39, 0.29) is 11.9 Å². The third-order valence-corrected chi connectivity index (χ3v) is 3.03. The summed E-state index contributed by atoms with van der Waals surface area (Å²) in [5, 5.41) is 13.1. The molecular weight excluding hydrogens is 216 g/mol. The molecule has 1 aliphatic heterocycles. The number of aromatic nitrogens is 2. The summed E-state index contributed by atoms with van der Waals surface area (Å²) in [6.07, 6.45) is 5.22. The van der Waals surface area contributed by atoms with Crippen LogP contribution in [-0.2, 0) is 11.2 Å². The van der Waals surface area contributed by atoms with Crippen LogP contribution in [0.4, 0.5) is 5.82 Å². The molecule has 94 valence electrons. The number of carbonyl (C=O) groups excluding carboxylic acids is 1. The molecule has 3 N–H and O–H groups in total. The van der Waals surface area contributed by atoms with Crippen LogP contribution in [0.5, 0.6) is 0 Å². The summed E-state index contributed by atoms with van der Waals surface area (Å²) in [6, 6.07) is 1.85. The van der Waals surface area contributed by atoms with Crippen molar-refractivity contribution >= 4 is 11.7 Å². The van der Waals surface area contributed by atoms with E-state index in [1.54, 1.807) is 0 Å². The number of anilines is 1.